The number of nitrogens with one attached hydrogen (secondary N) is 2. The summed E-state index contributed by atoms with van der Waals surface area (Å²) in [6, 6.07) is 16.4. The van der Waals surface area contributed by atoms with Gasteiger partial charge in [-0.2, -0.15) is 0 Å². The minimum Gasteiger partial charge on any atom is -0.361 e. The maximum absolute atomic E-state index is 5.87. The Labute approximate surface area is 135 Å². The Kier molecular flexibility index (Phi) is 5.68. The molecular weight excluding hydrogens is 303 g/mol. The zero-order valence-corrected chi connectivity index (χ0v) is 13.2. The standard InChI is InChI=1S/C17H17ClN2.ClH/c18-15-7-5-13(6-8-15)11-19-10-9-14-12-20-17-4-2-1-3-16(14)17;/h1-8,12,19-20H,9-11H2;1H. The number of aromatic nitrogens is 1. The molecule has 0 bridgehead atoms. The van der Waals surface area contributed by atoms with Crippen molar-refractivity contribution in [2.75, 3.05) is 6.54 Å². The van der Waals surface area contributed by atoms with Gasteiger partial charge in [0.05, 0.1) is 0 Å². The second-order valence-corrected chi connectivity index (χ2v) is 5.35. The first-order valence-electron chi connectivity index (χ1n) is 6.83. The van der Waals surface area contributed by atoms with Gasteiger partial charge in [-0.15, -0.1) is 12.4 Å². The number of para-hydroxylation sites is 1. The third-order valence-electron chi connectivity index (χ3n) is 3.49. The molecule has 0 aliphatic carbocycles. The summed E-state index contributed by atoms with van der Waals surface area (Å²) in [4.78, 5) is 3.31. The van der Waals surface area contributed by atoms with Crippen LogP contribution in [0.15, 0.2) is 54.7 Å². The van der Waals surface area contributed by atoms with Crippen LogP contribution >= 0.6 is 24.0 Å². The first-order chi connectivity index (χ1) is 9.83. The number of hydrogen-bond donors (Lipinski definition) is 2. The molecule has 4 heteroatoms. The molecule has 21 heavy (non-hydrogen) atoms. The number of benzene rings is 2. The van der Waals surface area contributed by atoms with Crippen molar-refractivity contribution in [1.82, 2.24) is 10.3 Å². The highest BCUT2D eigenvalue weighted by Gasteiger charge is 2.02. The molecule has 2 N–H and O–H groups in total. The van der Waals surface area contributed by atoms with Crippen LogP contribution in [0.4, 0.5) is 0 Å². The van der Waals surface area contributed by atoms with Crippen molar-refractivity contribution in [2.45, 2.75) is 13.0 Å². The van der Waals surface area contributed by atoms with E-state index >= 15 is 0 Å². The van der Waals surface area contributed by atoms with Gasteiger partial charge in [0.25, 0.3) is 0 Å². The molecule has 0 fully saturated rings. The lowest BCUT2D eigenvalue weighted by molar-refractivity contribution is 0.688. The Morgan fingerprint density at radius 2 is 1.76 bits per heavy atom. The van der Waals surface area contributed by atoms with E-state index in [4.69, 9.17) is 11.6 Å². The van der Waals surface area contributed by atoms with E-state index < -0.39 is 0 Å². The van der Waals surface area contributed by atoms with Gasteiger partial charge < -0.3 is 10.3 Å². The molecule has 0 spiro atoms. The maximum atomic E-state index is 5.87. The predicted octanol–water partition coefficient (Wildman–Crippen LogP) is 4.58. The first kappa shape index (κ1) is 15.9. The summed E-state index contributed by atoms with van der Waals surface area (Å²) in [6.07, 6.45) is 3.13. The highest BCUT2D eigenvalue weighted by molar-refractivity contribution is 6.30. The van der Waals surface area contributed by atoms with Crippen LogP contribution in [0.25, 0.3) is 10.9 Å². The van der Waals surface area contributed by atoms with Crippen molar-refractivity contribution in [3.05, 3.63) is 70.9 Å². The number of H-pyrrole nitrogens is 1. The molecule has 110 valence electrons. The largest absolute Gasteiger partial charge is 0.361 e. The van der Waals surface area contributed by atoms with Crippen molar-refractivity contribution < 1.29 is 0 Å². The number of hydrogen-bond acceptors (Lipinski definition) is 1. The molecule has 0 saturated heterocycles. The van der Waals surface area contributed by atoms with Gasteiger partial charge in [-0.1, -0.05) is 41.9 Å². The molecular formula is C17H18Cl2N2. The van der Waals surface area contributed by atoms with E-state index in [0.717, 1.165) is 24.5 Å². The molecule has 0 aliphatic rings. The van der Waals surface area contributed by atoms with Gasteiger partial charge in [0.15, 0.2) is 0 Å². The number of rotatable bonds is 5. The lowest BCUT2D eigenvalue weighted by Gasteiger charge is -2.04. The summed E-state index contributed by atoms with van der Waals surface area (Å²) >= 11 is 5.87. The highest BCUT2D eigenvalue weighted by atomic mass is 35.5. The van der Waals surface area contributed by atoms with Crippen LogP contribution in [0, 0.1) is 0 Å². The highest BCUT2D eigenvalue weighted by Crippen LogP contribution is 2.17. The average molecular weight is 321 g/mol. The van der Waals surface area contributed by atoms with Crippen LogP contribution in [-0.4, -0.2) is 11.5 Å². The summed E-state index contributed by atoms with van der Waals surface area (Å²) in [5.74, 6) is 0. The Bertz CT molecular complexity index is 689. The second-order valence-electron chi connectivity index (χ2n) is 4.91. The number of aromatic amines is 1. The van der Waals surface area contributed by atoms with Crippen molar-refractivity contribution in [3.63, 3.8) is 0 Å². The van der Waals surface area contributed by atoms with Crippen LogP contribution in [-0.2, 0) is 13.0 Å². The van der Waals surface area contributed by atoms with E-state index in [1.165, 1.54) is 22.0 Å². The third-order valence-corrected chi connectivity index (χ3v) is 3.74. The van der Waals surface area contributed by atoms with Gasteiger partial charge >= 0.3 is 0 Å². The van der Waals surface area contributed by atoms with Crippen LogP contribution in [0.5, 0.6) is 0 Å². The normalized spacial score (nSPS) is 10.5. The molecule has 0 radical (unpaired) electrons. The minimum atomic E-state index is 0. The summed E-state index contributed by atoms with van der Waals surface area (Å²) in [7, 11) is 0. The Balaban J connectivity index is 0.00000161. The summed E-state index contributed by atoms with van der Waals surface area (Å²) in [5.41, 5.74) is 3.83. The number of fused-ring (bicyclic) bond motifs is 1. The summed E-state index contributed by atoms with van der Waals surface area (Å²) in [5, 5.41) is 5.57. The van der Waals surface area contributed by atoms with Crippen LogP contribution in [0.2, 0.25) is 5.02 Å². The van der Waals surface area contributed by atoms with Gasteiger partial charge in [-0.25, -0.2) is 0 Å². The van der Waals surface area contributed by atoms with Gasteiger partial charge in [0, 0.05) is 28.7 Å². The van der Waals surface area contributed by atoms with Crippen LogP contribution < -0.4 is 5.32 Å². The van der Waals surface area contributed by atoms with Crippen molar-refractivity contribution in [2.24, 2.45) is 0 Å². The summed E-state index contributed by atoms with van der Waals surface area (Å²) in [6.45, 7) is 1.84. The number of halogens is 2. The molecule has 0 saturated carbocycles. The SMILES string of the molecule is Cl.Clc1ccc(CNCCc2c[nH]c3ccccc23)cc1. The third kappa shape index (κ3) is 4.01. The maximum Gasteiger partial charge on any atom is 0.0456 e. The molecule has 2 aromatic carbocycles. The lowest BCUT2D eigenvalue weighted by atomic mass is 10.1. The van der Waals surface area contributed by atoms with Crippen LogP contribution in [0.3, 0.4) is 0 Å². The van der Waals surface area contributed by atoms with Crippen LogP contribution in [0.1, 0.15) is 11.1 Å². The molecule has 0 aliphatic heterocycles. The monoisotopic (exact) mass is 320 g/mol. The smallest absolute Gasteiger partial charge is 0.0456 e. The Morgan fingerprint density at radius 1 is 1.00 bits per heavy atom. The Morgan fingerprint density at radius 3 is 2.57 bits per heavy atom. The first-order valence-corrected chi connectivity index (χ1v) is 7.21. The van der Waals surface area contributed by atoms with Gasteiger partial charge in [-0.05, 0) is 42.3 Å². The average Bonchev–Trinajstić information content (AvgIpc) is 2.89. The van der Waals surface area contributed by atoms with Gasteiger partial charge in [0.1, 0.15) is 0 Å². The Hall–Kier alpha value is -1.48. The fraction of sp³-hybridized carbons (Fsp3) is 0.176. The molecule has 3 aromatic rings. The molecule has 3 rings (SSSR count). The topological polar surface area (TPSA) is 27.8 Å². The van der Waals surface area contributed by atoms with E-state index in [1.54, 1.807) is 0 Å². The quantitative estimate of drug-likeness (QED) is 0.662. The van der Waals surface area contributed by atoms with Crippen molar-refractivity contribution in [3.8, 4) is 0 Å². The zero-order chi connectivity index (χ0) is 13.8. The van der Waals surface area contributed by atoms with Crippen molar-refractivity contribution >= 4 is 34.9 Å². The zero-order valence-electron chi connectivity index (χ0n) is 11.6. The fourth-order valence-electron chi connectivity index (χ4n) is 2.40. The summed E-state index contributed by atoms with van der Waals surface area (Å²) < 4.78 is 0. The second kappa shape index (κ2) is 7.51. The predicted molar refractivity (Wildman–Crippen MR) is 92.4 cm³/mol. The van der Waals surface area contributed by atoms with E-state index in [0.29, 0.717) is 0 Å². The fourth-order valence-corrected chi connectivity index (χ4v) is 2.52. The van der Waals surface area contributed by atoms with E-state index in [9.17, 15) is 0 Å². The van der Waals surface area contributed by atoms with E-state index in [-0.39, 0.29) is 12.4 Å². The molecule has 1 aromatic heterocycles. The molecule has 2 nitrogen and oxygen atoms in total. The molecule has 0 amide bonds. The van der Waals surface area contributed by atoms with Crippen molar-refractivity contribution in [1.29, 1.82) is 0 Å². The van der Waals surface area contributed by atoms with E-state index in [1.807, 2.05) is 12.1 Å². The molecule has 0 atom stereocenters. The lowest BCUT2D eigenvalue weighted by Crippen LogP contribution is -2.16. The molecule has 0 unspecified atom stereocenters. The minimum absolute atomic E-state index is 0. The van der Waals surface area contributed by atoms with Gasteiger partial charge in [0.2, 0.25) is 0 Å². The van der Waals surface area contributed by atoms with Gasteiger partial charge in [-0.3, -0.25) is 0 Å². The van der Waals surface area contributed by atoms with E-state index in [2.05, 4.69) is 52.9 Å². The molecule has 1 heterocycles.